The first-order valence-corrected chi connectivity index (χ1v) is 11.2. The summed E-state index contributed by atoms with van der Waals surface area (Å²) in [7, 11) is -3.66. The van der Waals surface area contributed by atoms with Gasteiger partial charge in [-0.1, -0.05) is 50.6 Å². The molecule has 0 bridgehead atoms. The highest BCUT2D eigenvalue weighted by Gasteiger charge is 2.32. The molecule has 29 heavy (non-hydrogen) atoms. The Kier molecular flexibility index (Phi) is 6.03. The molecule has 0 radical (unpaired) electrons. The van der Waals surface area contributed by atoms with E-state index >= 15 is 0 Å². The van der Waals surface area contributed by atoms with Crippen LogP contribution in [-0.2, 0) is 15.4 Å². The molecule has 0 saturated carbocycles. The topological polar surface area (TPSA) is 57.7 Å². The van der Waals surface area contributed by atoms with E-state index in [4.69, 9.17) is 11.6 Å². The van der Waals surface area contributed by atoms with Crippen molar-refractivity contribution in [1.29, 1.82) is 0 Å². The van der Waals surface area contributed by atoms with Crippen LogP contribution in [0.5, 0.6) is 0 Å². The van der Waals surface area contributed by atoms with E-state index in [2.05, 4.69) is 20.8 Å². The van der Waals surface area contributed by atoms with Gasteiger partial charge in [0, 0.05) is 26.2 Å². The Morgan fingerprint density at radius 3 is 2.10 bits per heavy atom. The Morgan fingerprint density at radius 1 is 1.00 bits per heavy atom. The molecule has 1 saturated heterocycles. The smallest absolute Gasteiger partial charge is 0.258 e. The van der Waals surface area contributed by atoms with Crippen LogP contribution in [0.15, 0.2) is 47.4 Å². The summed E-state index contributed by atoms with van der Waals surface area (Å²) in [4.78, 5) is 14.3. The first-order valence-electron chi connectivity index (χ1n) is 9.36. The van der Waals surface area contributed by atoms with E-state index in [1.807, 2.05) is 12.1 Å². The normalized spacial score (nSPS) is 16.1. The van der Waals surface area contributed by atoms with Crippen LogP contribution in [-0.4, -0.2) is 49.7 Å². The molecule has 1 fully saturated rings. The molecular formula is C21H24ClFN2O3S. The number of carbonyl (C=O) groups is 1. The standard InChI is InChI=1S/C21H24ClFN2O3S/c1-21(2,3)15-7-9-16(10-8-15)29(27,28)25-13-11-24(12-14-25)20(26)19-17(22)5-4-6-18(19)23/h4-10H,11-14H2,1-3H3. The average Bonchev–Trinajstić information content (AvgIpc) is 2.67. The van der Waals surface area contributed by atoms with E-state index in [-0.39, 0.29) is 47.1 Å². The first-order chi connectivity index (χ1) is 13.5. The summed E-state index contributed by atoms with van der Waals surface area (Å²) in [6.45, 7) is 6.81. The fraction of sp³-hybridized carbons (Fsp3) is 0.381. The van der Waals surface area contributed by atoms with Crippen molar-refractivity contribution in [2.24, 2.45) is 0 Å². The second kappa shape index (κ2) is 8.05. The quantitative estimate of drug-likeness (QED) is 0.729. The fourth-order valence-electron chi connectivity index (χ4n) is 3.27. The summed E-state index contributed by atoms with van der Waals surface area (Å²) < 4.78 is 41.3. The molecular weight excluding hydrogens is 415 g/mol. The number of benzene rings is 2. The lowest BCUT2D eigenvalue weighted by Gasteiger charge is -2.34. The molecule has 1 amide bonds. The third-order valence-corrected chi connectivity index (χ3v) is 7.29. The molecule has 0 N–H and O–H groups in total. The Balaban J connectivity index is 1.72. The van der Waals surface area contributed by atoms with Gasteiger partial charge in [0.05, 0.1) is 15.5 Å². The highest BCUT2D eigenvalue weighted by Crippen LogP contribution is 2.26. The summed E-state index contributed by atoms with van der Waals surface area (Å²) in [6, 6.07) is 11.0. The number of piperazine rings is 1. The van der Waals surface area contributed by atoms with Crippen LogP contribution in [0.25, 0.3) is 0 Å². The number of carbonyl (C=O) groups excluding carboxylic acids is 1. The highest BCUT2D eigenvalue weighted by molar-refractivity contribution is 7.89. The van der Waals surface area contributed by atoms with Crippen molar-refractivity contribution in [3.05, 3.63) is 64.4 Å². The molecule has 8 heteroatoms. The second-order valence-electron chi connectivity index (χ2n) is 8.07. The Labute approximate surface area is 176 Å². The molecule has 0 spiro atoms. The minimum Gasteiger partial charge on any atom is -0.336 e. The van der Waals surface area contributed by atoms with Gasteiger partial charge in [0.15, 0.2) is 0 Å². The summed E-state index contributed by atoms with van der Waals surface area (Å²) in [5.41, 5.74) is 0.805. The molecule has 156 valence electrons. The molecule has 1 heterocycles. The van der Waals surface area contributed by atoms with Crippen molar-refractivity contribution in [2.45, 2.75) is 31.1 Å². The number of nitrogens with zero attached hydrogens (tertiary/aromatic N) is 2. The summed E-state index contributed by atoms with van der Waals surface area (Å²) in [5.74, 6) is -1.21. The maximum Gasteiger partial charge on any atom is 0.258 e. The van der Waals surface area contributed by atoms with Gasteiger partial charge in [-0.05, 0) is 35.2 Å². The lowest BCUT2D eigenvalue weighted by molar-refractivity contribution is 0.0693. The zero-order chi connectivity index (χ0) is 21.4. The minimum absolute atomic E-state index is 0.0454. The first kappa shape index (κ1) is 21.7. The van der Waals surface area contributed by atoms with Crippen LogP contribution in [0.4, 0.5) is 4.39 Å². The van der Waals surface area contributed by atoms with Crippen LogP contribution in [0.3, 0.4) is 0 Å². The molecule has 0 unspecified atom stereocenters. The molecule has 0 aromatic heterocycles. The molecule has 0 aliphatic carbocycles. The zero-order valence-corrected chi connectivity index (χ0v) is 18.2. The summed E-state index contributed by atoms with van der Waals surface area (Å²) in [5, 5.41) is 0.0454. The molecule has 2 aromatic rings. The van der Waals surface area contributed by atoms with E-state index < -0.39 is 21.7 Å². The molecule has 3 rings (SSSR count). The summed E-state index contributed by atoms with van der Waals surface area (Å²) >= 11 is 5.98. The average molecular weight is 439 g/mol. The van der Waals surface area contributed by atoms with Gasteiger partial charge < -0.3 is 4.90 Å². The van der Waals surface area contributed by atoms with E-state index in [1.54, 1.807) is 12.1 Å². The number of rotatable bonds is 3. The van der Waals surface area contributed by atoms with Crippen molar-refractivity contribution in [3.8, 4) is 0 Å². The fourth-order valence-corrected chi connectivity index (χ4v) is 4.93. The molecule has 1 aliphatic rings. The van der Waals surface area contributed by atoms with Gasteiger partial charge in [0.1, 0.15) is 5.82 Å². The Bertz CT molecular complexity index is 989. The van der Waals surface area contributed by atoms with E-state index in [0.717, 1.165) is 5.56 Å². The number of hydrogen-bond donors (Lipinski definition) is 0. The van der Waals surface area contributed by atoms with E-state index in [9.17, 15) is 17.6 Å². The Morgan fingerprint density at radius 2 is 1.59 bits per heavy atom. The predicted octanol–water partition coefficient (Wildman–Crippen LogP) is 3.92. The van der Waals surface area contributed by atoms with Crippen LogP contribution in [0.1, 0.15) is 36.7 Å². The predicted molar refractivity (Wildman–Crippen MR) is 111 cm³/mol. The largest absolute Gasteiger partial charge is 0.336 e. The molecule has 5 nitrogen and oxygen atoms in total. The monoisotopic (exact) mass is 438 g/mol. The van der Waals surface area contributed by atoms with E-state index in [0.29, 0.717) is 0 Å². The SMILES string of the molecule is CC(C)(C)c1ccc(S(=O)(=O)N2CCN(C(=O)c3c(F)cccc3Cl)CC2)cc1. The van der Waals surface area contributed by atoms with Gasteiger partial charge in [-0.3, -0.25) is 4.79 Å². The van der Waals surface area contributed by atoms with Gasteiger partial charge in [-0.15, -0.1) is 0 Å². The molecule has 0 atom stereocenters. The van der Waals surface area contributed by atoms with Gasteiger partial charge in [0.25, 0.3) is 5.91 Å². The number of sulfonamides is 1. The van der Waals surface area contributed by atoms with Crippen molar-refractivity contribution in [1.82, 2.24) is 9.21 Å². The number of hydrogen-bond acceptors (Lipinski definition) is 3. The second-order valence-corrected chi connectivity index (χ2v) is 10.4. The van der Waals surface area contributed by atoms with Crippen molar-refractivity contribution in [2.75, 3.05) is 26.2 Å². The van der Waals surface area contributed by atoms with Gasteiger partial charge >= 0.3 is 0 Å². The number of amides is 1. The Hall–Kier alpha value is -1.96. The van der Waals surface area contributed by atoms with Crippen molar-refractivity contribution in [3.63, 3.8) is 0 Å². The third-order valence-electron chi connectivity index (χ3n) is 5.06. The van der Waals surface area contributed by atoms with Crippen molar-refractivity contribution >= 4 is 27.5 Å². The van der Waals surface area contributed by atoms with E-state index in [1.165, 1.54) is 27.4 Å². The van der Waals surface area contributed by atoms with Gasteiger partial charge in [-0.2, -0.15) is 4.31 Å². The highest BCUT2D eigenvalue weighted by atomic mass is 35.5. The van der Waals surface area contributed by atoms with Crippen LogP contribution in [0, 0.1) is 5.82 Å². The number of halogens is 2. The minimum atomic E-state index is -3.66. The lowest BCUT2D eigenvalue weighted by atomic mass is 9.87. The van der Waals surface area contributed by atoms with Crippen LogP contribution in [0.2, 0.25) is 5.02 Å². The van der Waals surface area contributed by atoms with Gasteiger partial charge in [0.2, 0.25) is 10.0 Å². The van der Waals surface area contributed by atoms with Gasteiger partial charge in [-0.25, -0.2) is 12.8 Å². The maximum absolute atomic E-state index is 14.0. The maximum atomic E-state index is 14.0. The lowest BCUT2D eigenvalue weighted by Crippen LogP contribution is -2.50. The van der Waals surface area contributed by atoms with Crippen LogP contribution >= 0.6 is 11.6 Å². The summed E-state index contributed by atoms with van der Waals surface area (Å²) in [6.07, 6.45) is 0. The zero-order valence-electron chi connectivity index (χ0n) is 16.7. The molecule has 2 aromatic carbocycles. The van der Waals surface area contributed by atoms with Crippen molar-refractivity contribution < 1.29 is 17.6 Å². The molecule has 1 aliphatic heterocycles. The third kappa shape index (κ3) is 4.47. The van der Waals surface area contributed by atoms with Crippen LogP contribution < -0.4 is 0 Å².